The number of anilines is 1. The molecule has 1 saturated heterocycles. The molecule has 76 valence electrons. The minimum Gasteiger partial charge on any atom is -0.477 e. The van der Waals surface area contributed by atoms with Crippen LogP contribution in [0.3, 0.4) is 0 Å². The topological polar surface area (TPSA) is 40.5 Å². The molecule has 0 aromatic carbocycles. The van der Waals surface area contributed by atoms with E-state index in [1.165, 1.54) is 30.6 Å². The Kier molecular flexibility index (Phi) is 2.72. The summed E-state index contributed by atoms with van der Waals surface area (Å²) in [7, 11) is 0. The highest BCUT2D eigenvalue weighted by Gasteiger charge is 2.14. The van der Waals surface area contributed by atoms with Crippen LogP contribution in [0, 0.1) is 0 Å². The summed E-state index contributed by atoms with van der Waals surface area (Å²) in [4.78, 5) is 13.4. The van der Waals surface area contributed by atoms with Gasteiger partial charge < -0.3 is 10.0 Å². The standard InChI is InChI=1S/C10H13NO2S/c12-10(13)8-4-5-9(14-8)11-6-2-1-3-7-11/h4-5H,1-3,6-7H2,(H,12,13). The number of carboxylic acid groups (broad SMARTS) is 1. The average molecular weight is 211 g/mol. The maximum Gasteiger partial charge on any atom is 0.345 e. The van der Waals surface area contributed by atoms with Crippen molar-refractivity contribution in [3.8, 4) is 0 Å². The Balaban J connectivity index is 2.11. The van der Waals surface area contributed by atoms with Gasteiger partial charge in [-0.3, -0.25) is 0 Å². The number of nitrogens with zero attached hydrogens (tertiary/aromatic N) is 1. The molecule has 0 radical (unpaired) electrons. The smallest absolute Gasteiger partial charge is 0.345 e. The van der Waals surface area contributed by atoms with Crippen molar-refractivity contribution < 1.29 is 9.90 Å². The van der Waals surface area contributed by atoms with Gasteiger partial charge in [0.25, 0.3) is 0 Å². The third-order valence-corrected chi connectivity index (χ3v) is 3.60. The number of rotatable bonds is 2. The minimum atomic E-state index is -0.821. The fraction of sp³-hybridized carbons (Fsp3) is 0.500. The summed E-state index contributed by atoms with van der Waals surface area (Å²) >= 11 is 1.37. The van der Waals surface area contributed by atoms with Crippen molar-refractivity contribution in [1.29, 1.82) is 0 Å². The highest BCUT2D eigenvalue weighted by atomic mass is 32.1. The predicted octanol–water partition coefficient (Wildman–Crippen LogP) is 2.44. The van der Waals surface area contributed by atoms with Crippen molar-refractivity contribution in [3.63, 3.8) is 0 Å². The number of piperidine rings is 1. The molecule has 1 fully saturated rings. The first-order valence-electron chi connectivity index (χ1n) is 4.85. The monoisotopic (exact) mass is 211 g/mol. The van der Waals surface area contributed by atoms with Crippen LogP contribution in [0.15, 0.2) is 12.1 Å². The number of hydrogen-bond acceptors (Lipinski definition) is 3. The van der Waals surface area contributed by atoms with E-state index in [9.17, 15) is 4.79 Å². The lowest BCUT2D eigenvalue weighted by atomic mass is 10.1. The Hall–Kier alpha value is -1.03. The maximum absolute atomic E-state index is 10.7. The van der Waals surface area contributed by atoms with Gasteiger partial charge in [-0.1, -0.05) is 0 Å². The van der Waals surface area contributed by atoms with Gasteiger partial charge in [0.2, 0.25) is 0 Å². The summed E-state index contributed by atoms with van der Waals surface area (Å²) in [6.45, 7) is 2.14. The second-order valence-electron chi connectivity index (χ2n) is 3.49. The Morgan fingerprint density at radius 3 is 2.57 bits per heavy atom. The molecule has 14 heavy (non-hydrogen) atoms. The van der Waals surface area contributed by atoms with Crippen LogP contribution in [0.25, 0.3) is 0 Å². The molecule has 0 unspecified atom stereocenters. The number of carboxylic acids is 1. The van der Waals surface area contributed by atoms with E-state index in [0.717, 1.165) is 18.1 Å². The van der Waals surface area contributed by atoms with Crippen LogP contribution >= 0.6 is 11.3 Å². The number of carbonyl (C=O) groups is 1. The molecule has 0 spiro atoms. The molecule has 0 atom stereocenters. The minimum absolute atomic E-state index is 0.436. The number of hydrogen-bond donors (Lipinski definition) is 1. The lowest BCUT2D eigenvalue weighted by Gasteiger charge is -2.26. The second-order valence-corrected chi connectivity index (χ2v) is 4.55. The largest absolute Gasteiger partial charge is 0.477 e. The van der Waals surface area contributed by atoms with Crippen molar-refractivity contribution in [2.45, 2.75) is 19.3 Å². The molecular weight excluding hydrogens is 198 g/mol. The molecule has 0 aliphatic carbocycles. The first kappa shape index (κ1) is 9.52. The first-order valence-corrected chi connectivity index (χ1v) is 5.67. The van der Waals surface area contributed by atoms with Gasteiger partial charge in [0, 0.05) is 13.1 Å². The van der Waals surface area contributed by atoms with Crippen LogP contribution in [0.4, 0.5) is 5.00 Å². The van der Waals surface area contributed by atoms with E-state index in [1.54, 1.807) is 6.07 Å². The van der Waals surface area contributed by atoms with Gasteiger partial charge in [0.15, 0.2) is 0 Å². The Morgan fingerprint density at radius 1 is 1.29 bits per heavy atom. The molecule has 1 aromatic rings. The van der Waals surface area contributed by atoms with E-state index in [1.807, 2.05) is 6.07 Å². The highest BCUT2D eigenvalue weighted by Crippen LogP contribution is 2.28. The lowest BCUT2D eigenvalue weighted by molar-refractivity contribution is 0.0702. The summed E-state index contributed by atoms with van der Waals surface area (Å²) < 4.78 is 0. The van der Waals surface area contributed by atoms with E-state index in [4.69, 9.17) is 5.11 Å². The first-order chi connectivity index (χ1) is 6.77. The molecule has 0 saturated carbocycles. The van der Waals surface area contributed by atoms with E-state index in [-0.39, 0.29) is 0 Å². The molecule has 1 aliphatic heterocycles. The third kappa shape index (κ3) is 1.90. The summed E-state index contributed by atoms with van der Waals surface area (Å²) in [5, 5.41) is 9.89. The van der Waals surface area contributed by atoms with Crippen molar-refractivity contribution in [1.82, 2.24) is 0 Å². The summed E-state index contributed by atoms with van der Waals surface area (Å²) in [5.41, 5.74) is 0. The molecule has 3 nitrogen and oxygen atoms in total. The quantitative estimate of drug-likeness (QED) is 0.816. The van der Waals surface area contributed by atoms with E-state index < -0.39 is 5.97 Å². The van der Waals surface area contributed by atoms with E-state index in [0.29, 0.717) is 4.88 Å². The van der Waals surface area contributed by atoms with Gasteiger partial charge in [0.05, 0.1) is 5.00 Å². The molecule has 2 heterocycles. The molecular formula is C10H13NO2S. The van der Waals surface area contributed by atoms with Crippen LogP contribution < -0.4 is 4.90 Å². The molecule has 4 heteroatoms. The zero-order valence-electron chi connectivity index (χ0n) is 7.90. The molecule has 1 aliphatic rings. The Morgan fingerprint density at radius 2 is 2.00 bits per heavy atom. The Labute approximate surface area is 87.0 Å². The molecule has 1 aromatic heterocycles. The fourth-order valence-electron chi connectivity index (χ4n) is 1.73. The van der Waals surface area contributed by atoms with Crippen LogP contribution in [-0.2, 0) is 0 Å². The molecule has 2 rings (SSSR count). The van der Waals surface area contributed by atoms with Gasteiger partial charge in [-0.25, -0.2) is 4.79 Å². The van der Waals surface area contributed by atoms with Crippen LogP contribution in [-0.4, -0.2) is 24.2 Å². The molecule has 0 amide bonds. The molecule has 1 N–H and O–H groups in total. The van der Waals surface area contributed by atoms with Gasteiger partial charge in [-0.15, -0.1) is 11.3 Å². The maximum atomic E-state index is 10.7. The zero-order valence-corrected chi connectivity index (χ0v) is 8.72. The van der Waals surface area contributed by atoms with Gasteiger partial charge in [0.1, 0.15) is 4.88 Å². The normalized spacial score (nSPS) is 17.0. The van der Waals surface area contributed by atoms with Crippen molar-refractivity contribution >= 4 is 22.3 Å². The van der Waals surface area contributed by atoms with Crippen LogP contribution in [0.5, 0.6) is 0 Å². The number of thiophene rings is 1. The third-order valence-electron chi connectivity index (χ3n) is 2.47. The van der Waals surface area contributed by atoms with Crippen LogP contribution in [0.1, 0.15) is 28.9 Å². The lowest BCUT2D eigenvalue weighted by Crippen LogP contribution is -2.28. The van der Waals surface area contributed by atoms with Gasteiger partial charge in [-0.05, 0) is 31.4 Å². The van der Waals surface area contributed by atoms with Crippen molar-refractivity contribution in [3.05, 3.63) is 17.0 Å². The summed E-state index contributed by atoms with van der Waals surface area (Å²) in [6, 6.07) is 3.61. The zero-order chi connectivity index (χ0) is 9.97. The van der Waals surface area contributed by atoms with Gasteiger partial charge in [-0.2, -0.15) is 0 Å². The van der Waals surface area contributed by atoms with E-state index >= 15 is 0 Å². The van der Waals surface area contributed by atoms with Crippen molar-refractivity contribution in [2.24, 2.45) is 0 Å². The van der Waals surface area contributed by atoms with E-state index in [2.05, 4.69) is 4.90 Å². The summed E-state index contributed by atoms with van der Waals surface area (Å²) in [5.74, 6) is -0.821. The van der Waals surface area contributed by atoms with Crippen molar-refractivity contribution in [2.75, 3.05) is 18.0 Å². The predicted molar refractivity (Wildman–Crippen MR) is 57.3 cm³/mol. The fourth-order valence-corrected chi connectivity index (χ4v) is 2.62. The van der Waals surface area contributed by atoms with Gasteiger partial charge >= 0.3 is 5.97 Å². The SMILES string of the molecule is O=C(O)c1ccc(N2CCCCC2)s1. The second kappa shape index (κ2) is 4.00. The van der Waals surface area contributed by atoms with Crippen LogP contribution in [0.2, 0.25) is 0 Å². The average Bonchev–Trinajstić information content (AvgIpc) is 2.68. The summed E-state index contributed by atoms with van der Waals surface area (Å²) in [6.07, 6.45) is 3.74. The Bertz CT molecular complexity index is 329. The number of aromatic carboxylic acids is 1. The highest BCUT2D eigenvalue weighted by molar-refractivity contribution is 7.17. The molecule has 0 bridgehead atoms.